The molecule has 3 rings (SSSR count). The molecular formula is C23H15F7N2O4. The van der Waals surface area contributed by atoms with Crippen molar-refractivity contribution in [3.05, 3.63) is 77.4 Å². The molecule has 0 unspecified atom stereocenters. The summed E-state index contributed by atoms with van der Waals surface area (Å²) in [6, 6.07) is 4.91. The number of carbonyl (C=O) groups is 2. The van der Waals surface area contributed by atoms with Gasteiger partial charge in [-0.25, -0.2) is 9.18 Å². The summed E-state index contributed by atoms with van der Waals surface area (Å²) in [6.07, 6.45) is -7.94. The Hall–Kier alpha value is -4.16. The molecule has 36 heavy (non-hydrogen) atoms. The molecule has 3 aromatic rings. The fraction of sp³-hybridized carbons (Fsp3) is 0.174. The monoisotopic (exact) mass is 516 g/mol. The molecule has 0 saturated heterocycles. The summed E-state index contributed by atoms with van der Waals surface area (Å²) in [5.41, 5.74) is -4.10. The van der Waals surface area contributed by atoms with E-state index in [-0.39, 0.29) is 28.6 Å². The van der Waals surface area contributed by atoms with Crippen LogP contribution in [0.3, 0.4) is 0 Å². The predicted molar refractivity (Wildman–Crippen MR) is 112 cm³/mol. The predicted octanol–water partition coefficient (Wildman–Crippen LogP) is 5.67. The zero-order valence-electron chi connectivity index (χ0n) is 18.1. The van der Waals surface area contributed by atoms with E-state index in [1.165, 1.54) is 18.3 Å². The van der Waals surface area contributed by atoms with Crippen LogP contribution in [0.25, 0.3) is 11.1 Å². The Kier molecular flexibility index (Phi) is 7.22. The standard InChI is InChI=1S/C23H15F7N2O4/c1-32(21(35)12-6-13(22(25,26)27)8-14(7-12)23(28,29)30)18-10-31-5-4-16(18)17-3-2-15(24)9-19(17)36-11-20(33)34/h2-10H,11H2,1H3,(H,33,34). The minimum atomic E-state index is -5.15. The molecule has 0 radical (unpaired) electrons. The van der Waals surface area contributed by atoms with Gasteiger partial charge in [-0.15, -0.1) is 0 Å². The van der Waals surface area contributed by atoms with Gasteiger partial charge in [-0.3, -0.25) is 9.78 Å². The minimum absolute atomic E-state index is 0.0831. The summed E-state index contributed by atoms with van der Waals surface area (Å²) < 4.78 is 98.2. The average Bonchev–Trinajstić information content (AvgIpc) is 2.80. The number of hydrogen-bond donors (Lipinski definition) is 1. The van der Waals surface area contributed by atoms with Crippen molar-refractivity contribution in [3.8, 4) is 16.9 Å². The first-order chi connectivity index (χ1) is 16.7. The number of hydrogen-bond acceptors (Lipinski definition) is 4. The third-order valence-corrected chi connectivity index (χ3v) is 4.89. The van der Waals surface area contributed by atoms with Gasteiger partial charge in [-0.05, 0) is 36.4 Å². The van der Waals surface area contributed by atoms with Crippen molar-refractivity contribution < 1.29 is 50.2 Å². The zero-order chi connectivity index (χ0) is 26.8. The Labute approximate surface area is 198 Å². The van der Waals surface area contributed by atoms with Crippen molar-refractivity contribution in [2.24, 2.45) is 0 Å². The normalized spacial score (nSPS) is 11.8. The number of carbonyl (C=O) groups excluding carboxylic acids is 1. The lowest BCUT2D eigenvalue weighted by Gasteiger charge is -2.22. The smallest absolute Gasteiger partial charge is 0.416 e. The quantitative estimate of drug-likeness (QED) is 0.428. The van der Waals surface area contributed by atoms with E-state index in [4.69, 9.17) is 9.84 Å². The molecule has 1 heterocycles. The first-order valence-corrected chi connectivity index (χ1v) is 9.84. The van der Waals surface area contributed by atoms with Crippen molar-refractivity contribution in [2.45, 2.75) is 12.4 Å². The van der Waals surface area contributed by atoms with Gasteiger partial charge in [-0.1, -0.05) is 0 Å². The molecule has 1 amide bonds. The molecule has 1 N–H and O–H groups in total. The average molecular weight is 516 g/mol. The molecule has 0 saturated carbocycles. The number of rotatable bonds is 6. The third kappa shape index (κ3) is 5.90. The second-order valence-corrected chi connectivity index (χ2v) is 7.37. The van der Waals surface area contributed by atoms with E-state index >= 15 is 0 Å². The number of aromatic nitrogens is 1. The SMILES string of the molecule is CN(C(=O)c1cc(C(F)(F)F)cc(C(F)(F)F)c1)c1cnccc1-c1ccc(F)cc1OCC(=O)O. The van der Waals surface area contributed by atoms with Crippen LogP contribution in [0, 0.1) is 5.82 Å². The van der Waals surface area contributed by atoms with Crippen LogP contribution in [0.1, 0.15) is 21.5 Å². The number of anilines is 1. The van der Waals surface area contributed by atoms with Crippen LogP contribution in [-0.2, 0) is 17.1 Å². The number of pyridine rings is 1. The van der Waals surface area contributed by atoms with E-state index in [9.17, 15) is 40.3 Å². The fourth-order valence-corrected chi connectivity index (χ4v) is 3.24. The number of carboxylic acid groups (broad SMARTS) is 1. The van der Waals surface area contributed by atoms with Crippen LogP contribution in [0.15, 0.2) is 54.9 Å². The van der Waals surface area contributed by atoms with Crippen LogP contribution < -0.4 is 9.64 Å². The lowest BCUT2D eigenvalue weighted by atomic mass is 10.0. The molecule has 0 aliphatic carbocycles. The molecule has 0 aliphatic rings. The summed E-state index contributed by atoms with van der Waals surface area (Å²) in [5, 5.41) is 8.86. The van der Waals surface area contributed by atoms with Crippen molar-refractivity contribution in [1.82, 2.24) is 4.98 Å². The molecule has 0 aliphatic heterocycles. The first kappa shape index (κ1) is 26.4. The van der Waals surface area contributed by atoms with Gasteiger partial charge in [0.1, 0.15) is 11.6 Å². The van der Waals surface area contributed by atoms with Crippen LogP contribution in [-0.4, -0.2) is 35.6 Å². The maximum atomic E-state index is 13.8. The van der Waals surface area contributed by atoms with Crippen LogP contribution in [0.2, 0.25) is 0 Å². The summed E-state index contributed by atoms with van der Waals surface area (Å²) in [6.45, 7) is -0.837. The van der Waals surface area contributed by atoms with E-state index in [1.807, 2.05) is 0 Å². The number of amides is 1. The lowest BCUT2D eigenvalue weighted by molar-refractivity contribution is -0.143. The number of halogens is 7. The van der Waals surface area contributed by atoms with E-state index in [0.717, 1.165) is 30.3 Å². The van der Waals surface area contributed by atoms with Gasteiger partial charge < -0.3 is 14.7 Å². The van der Waals surface area contributed by atoms with Gasteiger partial charge in [-0.2, -0.15) is 26.3 Å². The maximum Gasteiger partial charge on any atom is 0.416 e. The Morgan fingerprint density at radius 3 is 2.11 bits per heavy atom. The van der Waals surface area contributed by atoms with E-state index in [0.29, 0.717) is 12.1 Å². The Balaban J connectivity index is 2.10. The van der Waals surface area contributed by atoms with Gasteiger partial charge >= 0.3 is 18.3 Å². The highest BCUT2D eigenvalue weighted by Crippen LogP contribution is 2.39. The zero-order valence-corrected chi connectivity index (χ0v) is 18.1. The Morgan fingerprint density at radius 1 is 0.944 bits per heavy atom. The number of nitrogens with zero attached hydrogens (tertiary/aromatic N) is 2. The van der Waals surface area contributed by atoms with E-state index in [2.05, 4.69) is 4.98 Å². The molecule has 0 bridgehead atoms. The number of alkyl halides is 6. The first-order valence-electron chi connectivity index (χ1n) is 9.84. The largest absolute Gasteiger partial charge is 0.481 e. The van der Waals surface area contributed by atoms with Gasteiger partial charge in [0.15, 0.2) is 6.61 Å². The lowest BCUT2D eigenvalue weighted by Crippen LogP contribution is -2.28. The van der Waals surface area contributed by atoms with Crippen molar-refractivity contribution in [2.75, 3.05) is 18.6 Å². The van der Waals surface area contributed by atoms with Crippen LogP contribution in [0.4, 0.5) is 36.4 Å². The molecule has 190 valence electrons. The highest BCUT2D eigenvalue weighted by Gasteiger charge is 2.38. The van der Waals surface area contributed by atoms with Crippen molar-refractivity contribution in [3.63, 3.8) is 0 Å². The summed E-state index contributed by atoms with van der Waals surface area (Å²) >= 11 is 0. The summed E-state index contributed by atoms with van der Waals surface area (Å²) in [4.78, 5) is 28.5. The van der Waals surface area contributed by atoms with Crippen LogP contribution >= 0.6 is 0 Å². The molecule has 0 spiro atoms. The highest BCUT2D eigenvalue weighted by molar-refractivity contribution is 6.08. The fourth-order valence-electron chi connectivity index (χ4n) is 3.24. The number of carboxylic acids is 1. The molecule has 1 aromatic heterocycles. The highest BCUT2D eigenvalue weighted by atomic mass is 19.4. The van der Waals surface area contributed by atoms with E-state index in [1.54, 1.807) is 0 Å². The number of aliphatic carboxylic acids is 1. The molecule has 2 aromatic carbocycles. The van der Waals surface area contributed by atoms with Gasteiger partial charge in [0.25, 0.3) is 5.91 Å². The van der Waals surface area contributed by atoms with Crippen molar-refractivity contribution >= 4 is 17.6 Å². The topological polar surface area (TPSA) is 79.7 Å². The Bertz CT molecular complexity index is 1270. The maximum absolute atomic E-state index is 13.8. The van der Waals surface area contributed by atoms with Crippen LogP contribution in [0.5, 0.6) is 5.75 Å². The second kappa shape index (κ2) is 9.84. The Morgan fingerprint density at radius 2 is 1.56 bits per heavy atom. The molecule has 13 heteroatoms. The molecular weight excluding hydrogens is 501 g/mol. The van der Waals surface area contributed by atoms with E-state index < -0.39 is 53.3 Å². The number of ether oxygens (including phenoxy) is 1. The van der Waals surface area contributed by atoms with Gasteiger partial charge in [0, 0.05) is 36.0 Å². The van der Waals surface area contributed by atoms with Gasteiger partial charge in [0.2, 0.25) is 0 Å². The van der Waals surface area contributed by atoms with Gasteiger partial charge in [0.05, 0.1) is 23.0 Å². The minimum Gasteiger partial charge on any atom is -0.481 e. The molecule has 6 nitrogen and oxygen atoms in total. The molecule has 0 fully saturated rings. The summed E-state index contributed by atoms with van der Waals surface area (Å²) in [5.74, 6) is -3.60. The number of benzene rings is 2. The van der Waals surface area contributed by atoms with Crippen molar-refractivity contribution in [1.29, 1.82) is 0 Å². The third-order valence-electron chi connectivity index (χ3n) is 4.89. The molecule has 0 atom stereocenters. The summed E-state index contributed by atoms with van der Waals surface area (Å²) in [7, 11) is 1.09. The second-order valence-electron chi connectivity index (χ2n) is 7.37.